The number of rotatable bonds is 6. The number of hydrogen-bond donors (Lipinski definition) is 1. The molecule has 2 aromatic heterocycles. The summed E-state index contributed by atoms with van der Waals surface area (Å²) in [6.07, 6.45) is -0.705. The number of fused-ring (bicyclic) bond motifs is 1. The zero-order valence-electron chi connectivity index (χ0n) is 24.4. The standard InChI is InChI=1S/C31H31F3N6O3S/c1-19-4-6-22(15-27(41)24-7-5-20(2)25(16-24)31(32,33)34)14-23(19)8-9-26-28-29(35)36-18-37-30(28)40(38-26)17-21-10-12-39(13-11-21)44(3,42)43/h4-7,14,16,18,21H,10-13,15,17H2,1-3H3,(H2,35,36,37). The lowest BCUT2D eigenvalue weighted by molar-refractivity contribution is -0.138. The van der Waals surface area contributed by atoms with Crippen LogP contribution in [0, 0.1) is 31.6 Å². The SMILES string of the molecule is Cc1ccc(CC(=O)c2ccc(C)c(C(F)(F)F)c2)cc1C#Cc1nn(CC2CCN(S(C)(=O)=O)CC2)c2ncnc(N)c12. The monoisotopic (exact) mass is 624 g/mol. The molecule has 0 unspecified atom stereocenters. The van der Waals surface area contributed by atoms with Gasteiger partial charge in [-0.1, -0.05) is 30.2 Å². The molecule has 0 saturated carbocycles. The summed E-state index contributed by atoms with van der Waals surface area (Å²) in [5.41, 5.74) is 8.40. The highest BCUT2D eigenvalue weighted by atomic mass is 32.2. The number of hydrogen-bond acceptors (Lipinski definition) is 7. The number of halogens is 3. The van der Waals surface area contributed by atoms with Crippen molar-refractivity contribution in [2.45, 2.75) is 45.8 Å². The Morgan fingerprint density at radius 3 is 2.43 bits per heavy atom. The van der Waals surface area contributed by atoms with Gasteiger partial charge in [0.1, 0.15) is 17.8 Å². The van der Waals surface area contributed by atoms with E-state index in [-0.39, 0.29) is 29.3 Å². The van der Waals surface area contributed by atoms with Crippen LogP contribution in [-0.2, 0) is 29.2 Å². The summed E-state index contributed by atoms with van der Waals surface area (Å²) in [4.78, 5) is 21.4. The van der Waals surface area contributed by atoms with E-state index in [1.165, 1.54) is 35.9 Å². The van der Waals surface area contributed by atoms with Crippen molar-refractivity contribution in [3.8, 4) is 11.8 Å². The molecule has 0 amide bonds. The van der Waals surface area contributed by atoms with Gasteiger partial charge in [-0.15, -0.1) is 0 Å². The average Bonchev–Trinajstić information content (AvgIpc) is 3.31. The number of carbonyl (C=O) groups excluding carboxylic acids is 1. The Balaban J connectivity index is 1.39. The number of ketones is 1. The molecular formula is C31H31F3N6O3S. The second-order valence-electron chi connectivity index (χ2n) is 11.1. The number of benzene rings is 2. The van der Waals surface area contributed by atoms with Gasteiger partial charge in [0.2, 0.25) is 10.0 Å². The number of aryl methyl sites for hydroxylation is 2. The number of carbonyl (C=O) groups is 1. The van der Waals surface area contributed by atoms with Gasteiger partial charge >= 0.3 is 6.18 Å². The van der Waals surface area contributed by atoms with Gasteiger partial charge in [0.15, 0.2) is 11.4 Å². The van der Waals surface area contributed by atoms with Crippen molar-refractivity contribution in [2.75, 3.05) is 25.1 Å². The van der Waals surface area contributed by atoms with Crippen molar-refractivity contribution in [3.05, 3.63) is 81.8 Å². The maximum Gasteiger partial charge on any atom is 0.416 e. The third-order valence-electron chi connectivity index (χ3n) is 7.88. The van der Waals surface area contributed by atoms with E-state index < -0.39 is 27.5 Å². The highest BCUT2D eigenvalue weighted by Gasteiger charge is 2.33. The zero-order chi connectivity index (χ0) is 31.8. The van der Waals surface area contributed by atoms with Crippen molar-refractivity contribution < 1.29 is 26.4 Å². The second kappa shape index (κ2) is 12.0. The Hall–Kier alpha value is -4.28. The second-order valence-corrected chi connectivity index (χ2v) is 13.1. The van der Waals surface area contributed by atoms with Crippen molar-refractivity contribution in [1.29, 1.82) is 0 Å². The first-order valence-corrected chi connectivity index (χ1v) is 15.8. The minimum atomic E-state index is -4.55. The van der Waals surface area contributed by atoms with E-state index in [0.717, 1.165) is 11.6 Å². The predicted molar refractivity (Wildman–Crippen MR) is 160 cm³/mol. The van der Waals surface area contributed by atoms with Crippen LogP contribution < -0.4 is 5.73 Å². The molecule has 1 aliphatic heterocycles. The molecule has 9 nitrogen and oxygen atoms in total. The fraction of sp³-hybridized carbons (Fsp3) is 0.355. The minimum Gasteiger partial charge on any atom is -0.383 e. The van der Waals surface area contributed by atoms with Crippen molar-refractivity contribution in [3.63, 3.8) is 0 Å². The molecule has 0 bridgehead atoms. The highest BCUT2D eigenvalue weighted by molar-refractivity contribution is 7.88. The van der Waals surface area contributed by atoms with Gasteiger partial charge in [0.25, 0.3) is 0 Å². The molecule has 4 aromatic rings. The first kappa shape index (κ1) is 31.2. The highest BCUT2D eigenvalue weighted by Crippen LogP contribution is 2.32. The molecular weight excluding hydrogens is 593 g/mol. The number of Topliss-reactive ketones (excluding diaryl/α,β-unsaturated/α-hetero) is 1. The molecule has 1 saturated heterocycles. The molecule has 2 aromatic carbocycles. The maximum atomic E-state index is 13.4. The number of anilines is 1. The van der Waals surface area contributed by atoms with Crippen LogP contribution in [0.5, 0.6) is 0 Å². The van der Waals surface area contributed by atoms with Crippen LogP contribution in [0.25, 0.3) is 11.0 Å². The number of nitrogens with zero attached hydrogens (tertiary/aromatic N) is 5. The zero-order valence-corrected chi connectivity index (χ0v) is 25.3. The van der Waals surface area contributed by atoms with Crippen LogP contribution in [0.2, 0.25) is 0 Å². The number of aromatic nitrogens is 4. The van der Waals surface area contributed by atoms with Gasteiger partial charge < -0.3 is 5.73 Å². The predicted octanol–water partition coefficient (Wildman–Crippen LogP) is 4.54. The lowest BCUT2D eigenvalue weighted by atomic mass is 9.96. The molecule has 0 radical (unpaired) electrons. The molecule has 1 fully saturated rings. The summed E-state index contributed by atoms with van der Waals surface area (Å²) >= 11 is 0. The fourth-order valence-electron chi connectivity index (χ4n) is 5.34. The molecule has 2 N–H and O–H groups in total. The molecule has 1 aliphatic rings. The molecule has 0 spiro atoms. The largest absolute Gasteiger partial charge is 0.416 e. The van der Waals surface area contributed by atoms with E-state index in [1.807, 2.05) is 6.92 Å². The van der Waals surface area contributed by atoms with Crippen LogP contribution in [0.15, 0.2) is 42.7 Å². The summed E-state index contributed by atoms with van der Waals surface area (Å²) in [6.45, 7) is 4.62. The molecule has 0 aliphatic carbocycles. The molecule has 5 rings (SSSR count). The van der Waals surface area contributed by atoms with Crippen molar-refractivity contribution >= 4 is 32.7 Å². The van der Waals surface area contributed by atoms with Gasteiger partial charge in [-0.3, -0.25) is 4.79 Å². The topological polar surface area (TPSA) is 124 Å². The first-order valence-electron chi connectivity index (χ1n) is 14.0. The van der Waals surface area contributed by atoms with Gasteiger partial charge in [-0.05, 0) is 67.4 Å². The van der Waals surface area contributed by atoms with Crippen molar-refractivity contribution in [2.24, 2.45) is 5.92 Å². The van der Waals surface area contributed by atoms with Crippen LogP contribution >= 0.6 is 0 Å². The summed E-state index contributed by atoms with van der Waals surface area (Å²) in [6, 6.07) is 8.91. The number of piperidine rings is 1. The normalized spacial score (nSPS) is 14.9. The summed E-state index contributed by atoms with van der Waals surface area (Å²) in [5.74, 6) is 6.16. The Labute approximate surface area is 253 Å². The van der Waals surface area contributed by atoms with Crippen LogP contribution in [0.4, 0.5) is 19.0 Å². The third kappa shape index (κ3) is 6.76. The van der Waals surface area contributed by atoms with E-state index in [1.54, 1.807) is 22.9 Å². The smallest absolute Gasteiger partial charge is 0.383 e. The number of nitrogens with two attached hydrogens (primary N) is 1. The maximum absolute atomic E-state index is 13.4. The van der Waals surface area contributed by atoms with Gasteiger partial charge in [-0.25, -0.2) is 27.4 Å². The Kier molecular flexibility index (Phi) is 8.51. The van der Waals surface area contributed by atoms with E-state index in [0.29, 0.717) is 60.3 Å². The molecule has 13 heteroatoms. The summed E-state index contributed by atoms with van der Waals surface area (Å²) in [5, 5.41) is 5.20. The van der Waals surface area contributed by atoms with E-state index in [9.17, 15) is 26.4 Å². The number of nitrogen functional groups attached to an aromatic ring is 1. The molecule has 3 heterocycles. The van der Waals surface area contributed by atoms with Crippen molar-refractivity contribution in [1.82, 2.24) is 24.1 Å². The first-order chi connectivity index (χ1) is 20.7. The van der Waals surface area contributed by atoms with Gasteiger partial charge in [0, 0.05) is 37.2 Å². The number of sulfonamides is 1. The lowest BCUT2D eigenvalue weighted by Gasteiger charge is -2.30. The van der Waals surface area contributed by atoms with Crippen LogP contribution in [-0.4, -0.2) is 57.6 Å². The molecule has 230 valence electrons. The summed E-state index contributed by atoms with van der Waals surface area (Å²) < 4.78 is 67.1. The minimum absolute atomic E-state index is 0.00869. The van der Waals surface area contributed by atoms with Crippen LogP contribution in [0.1, 0.15) is 56.7 Å². The quantitative estimate of drug-likeness (QED) is 0.247. The average molecular weight is 625 g/mol. The third-order valence-corrected chi connectivity index (χ3v) is 9.18. The summed E-state index contributed by atoms with van der Waals surface area (Å²) in [7, 11) is -3.23. The van der Waals surface area contributed by atoms with Gasteiger partial charge in [0.05, 0.1) is 17.2 Å². The van der Waals surface area contributed by atoms with E-state index in [4.69, 9.17) is 5.73 Å². The van der Waals surface area contributed by atoms with Crippen LogP contribution in [0.3, 0.4) is 0 Å². The lowest BCUT2D eigenvalue weighted by Crippen LogP contribution is -2.38. The Morgan fingerprint density at radius 2 is 1.75 bits per heavy atom. The number of alkyl halides is 3. The van der Waals surface area contributed by atoms with Gasteiger partial charge in [-0.2, -0.15) is 18.3 Å². The van der Waals surface area contributed by atoms with E-state index >= 15 is 0 Å². The molecule has 0 atom stereocenters. The molecule has 44 heavy (non-hydrogen) atoms. The van der Waals surface area contributed by atoms with E-state index in [2.05, 4.69) is 26.9 Å². The Morgan fingerprint density at radius 1 is 1.05 bits per heavy atom. The fourth-order valence-corrected chi connectivity index (χ4v) is 6.22. The Bertz CT molecular complexity index is 1920.